The second-order valence-electron chi connectivity index (χ2n) is 3.00. The lowest BCUT2D eigenvalue weighted by Crippen LogP contribution is -2.11. The molecule has 0 unspecified atom stereocenters. The van der Waals surface area contributed by atoms with Crippen LogP contribution in [0, 0.1) is 15.9 Å². The van der Waals surface area contributed by atoms with Crippen LogP contribution in [-0.4, -0.2) is 25.0 Å². The highest BCUT2D eigenvalue weighted by Gasteiger charge is 2.27. The van der Waals surface area contributed by atoms with Crippen LogP contribution in [0.15, 0.2) is 21.5 Å². The van der Waals surface area contributed by atoms with Gasteiger partial charge < -0.3 is 0 Å². The Morgan fingerprint density at radius 3 is 2.53 bits per heavy atom. The Bertz CT molecular complexity index is 563. The van der Waals surface area contributed by atoms with E-state index >= 15 is 0 Å². The summed E-state index contributed by atoms with van der Waals surface area (Å²) >= 11 is 8.04. The summed E-state index contributed by atoms with van der Waals surface area (Å²) in [6.07, 6.45) is 0. The molecule has 0 saturated carbocycles. The number of sulfone groups is 1. The van der Waals surface area contributed by atoms with E-state index < -0.39 is 36.9 Å². The first-order valence-electron chi connectivity index (χ1n) is 4.21. The number of nitrogens with zero attached hydrogens (tertiary/aromatic N) is 1. The number of halogens is 3. The molecule has 1 rings (SSSR count). The Morgan fingerprint density at radius 1 is 1.47 bits per heavy atom. The summed E-state index contributed by atoms with van der Waals surface area (Å²) in [5.74, 6) is -1.60. The minimum atomic E-state index is -3.96. The van der Waals surface area contributed by atoms with Gasteiger partial charge in [-0.1, -0.05) is 0 Å². The van der Waals surface area contributed by atoms with Crippen molar-refractivity contribution in [1.29, 1.82) is 0 Å². The van der Waals surface area contributed by atoms with Gasteiger partial charge in [-0.3, -0.25) is 10.1 Å². The number of nitro groups is 1. The molecular formula is C8H6BrClFNO4S. The highest BCUT2D eigenvalue weighted by molar-refractivity contribution is 9.10. The smallest absolute Gasteiger partial charge is 0.258 e. The SMILES string of the molecule is O=[N+]([O-])c1cc(Br)c(F)cc1S(=O)(=O)CCCl. The fraction of sp³-hybridized carbons (Fsp3) is 0.250. The summed E-state index contributed by atoms with van der Waals surface area (Å²) < 4.78 is 36.4. The number of nitro benzene ring substituents is 1. The van der Waals surface area contributed by atoms with Crippen LogP contribution in [0.5, 0.6) is 0 Å². The zero-order chi connectivity index (χ0) is 13.2. The average Bonchev–Trinajstić information content (AvgIpc) is 2.20. The maximum Gasteiger partial charge on any atom is 0.289 e. The highest BCUT2D eigenvalue weighted by Crippen LogP contribution is 2.30. The first kappa shape index (κ1) is 14.3. The molecular weight excluding hydrogens is 341 g/mol. The van der Waals surface area contributed by atoms with Gasteiger partial charge in [0.15, 0.2) is 9.84 Å². The Kier molecular flexibility index (Phi) is 4.45. The van der Waals surface area contributed by atoms with Gasteiger partial charge in [-0.25, -0.2) is 12.8 Å². The first-order valence-corrected chi connectivity index (χ1v) is 7.19. The Hall–Kier alpha value is -0.730. The molecule has 0 aliphatic rings. The number of rotatable bonds is 4. The summed E-state index contributed by atoms with van der Waals surface area (Å²) in [5.41, 5.74) is -0.677. The maximum atomic E-state index is 13.2. The second kappa shape index (κ2) is 5.28. The zero-order valence-electron chi connectivity index (χ0n) is 8.19. The van der Waals surface area contributed by atoms with Gasteiger partial charge in [0.25, 0.3) is 5.69 Å². The van der Waals surface area contributed by atoms with E-state index in [0.29, 0.717) is 6.07 Å². The van der Waals surface area contributed by atoms with Gasteiger partial charge >= 0.3 is 0 Å². The minimum Gasteiger partial charge on any atom is -0.258 e. The third-order valence-corrected chi connectivity index (χ3v) is 4.64. The standard InChI is InChI=1S/C8H6BrClFNO4S/c9-5-3-7(12(13)14)8(4-6(5)11)17(15,16)2-1-10/h3-4H,1-2H2. The molecule has 9 heteroatoms. The van der Waals surface area contributed by atoms with Gasteiger partial charge in [-0.05, 0) is 15.9 Å². The average molecular weight is 347 g/mol. The Labute approximate surface area is 110 Å². The van der Waals surface area contributed by atoms with Crippen LogP contribution in [0.25, 0.3) is 0 Å². The molecule has 5 nitrogen and oxygen atoms in total. The van der Waals surface area contributed by atoms with E-state index in [1.165, 1.54) is 0 Å². The fourth-order valence-electron chi connectivity index (χ4n) is 1.12. The molecule has 0 saturated heterocycles. The summed E-state index contributed by atoms with van der Waals surface area (Å²) in [4.78, 5) is 9.15. The van der Waals surface area contributed by atoms with Gasteiger partial charge in [-0.2, -0.15) is 0 Å². The molecule has 0 bridgehead atoms. The van der Waals surface area contributed by atoms with Crippen molar-refractivity contribution in [3.05, 3.63) is 32.5 Å². The van der Waals surface area contributed by atoms with Crippen LogP contribution >= 0.6 is 27.5 Å². The lowest BCUT2D eigenvalue weighted by Gasteiger charge is -2.04. The topological polar surface area (TPSA) is 77.3 Å². The largest absolute Gasteiger partial charge is 0.289 e. The number of hydrogen-bond donors (Lipinski definition) is 0. The lowest BCUT2D eigenvalue weighted by molar-refractivity contribution is -0.388. The van der Waals surface area contributed by atoms with Crippen LogP contribution in [-0.2, 0) is 9.84 Å². The van der Waals surface area contributed by atoms with Crippen LogP contribution < -0.4 is 0 Å². The molecule has 0 aliphatic carbocycles. The third kappa shape index (κ3) is 3.14. The Morgan fingerprint density at radius 2 is 2.06 bits per heavy atom. The normalized spacial score (nSPS) is 11.5. The van der Waals surface area contributed by atoms with Crippen molar-refractivity contribution < 1.29 is 17.7 Å². The van der Waals surface area contributed by atoms with E-state index in [9.17, 15) is 22.9 Å². The number of alkyl halides is 1. The molecule has 94 valence electrons. The second-order valence-corrected chi connectivity index (χ2v) is 6.31. The summed E-state index contributed by atoms with van der Waals surface area (Å²) in [6, 6.07) is 1.43. The fourth-order valence-corrected chi connectivity index (χ4v) is 3.22. The van der Waals surface area contributed by atoms with E-state index in [-0.39, 0.29) is 10.4 Å². The molecule has 0 aliphatic heterocycles. The lowest BCUT2D eigenvalue weighted by atomic mass is 10.3. The molecule has 1 aromatic carbocycles. The van der Waals surface area contributed by atoms with Gasteiger partial charge in [0, 0.05) is 18.0 Å². The van der Waals surface area contributed by atoms with Crippen LogP contribution in [0.4, 0.5) is 10.1 Å². The molecule has 0 amide bonds. The van der Waals surface area contributed by atoms with Crippen molar-refractivity contribution >= 4 is 43.1 Å². The van der Waals surface area contributed by atoms with Gasteiger partial charge in [0.2, 0.25) is 0 Å². The molecule has 0 spiro atoms. The minimum absolute atomic E-state index is 0.172. The number of hydrogen-bond acceptors (Lipinski definition) is 4. The van der Waals surface area contributed by atoms with Crippen molar-refractivity contribution in [3.63, 3.8) is 0 Å². The van der Waals surface area contributed by atoms with Crippen LogP contribution in [0.1, 0.15) is 0 Å². The predicted molar refractivity (Wildman–Crippen MR) is 63.5 cm³/mol. The first-order chi connectivity index (χ1) is 7.79. The van der Waals surface area contributed by atoms with Gasteiger partial charge in [0.05, 0.1) is 15.1 Å². The van der Waals surface area contributed by atoms with Crippen LogP contribution in [0.3, 0.4) is 0 Å². The van der Waals surface area contributed by atoms with E-state index in [2.05, 4.69) is 15.9 Å². The number of benzene rings is 1. The Balaban J connectivity index is 3.52. The van der Waals surface area contributed by atoms with E-state index in [4.69, 9.17) is 11.6 Å². The molecule has 0 radical (unpaired) electrons. The highest BCUT2D eigenvalue weighted by atomic mass is 79.9. The van der Waals surface area contributed by atoms with Crippen molar-refractivity contribution in [3.8, 4) is 0 Å². The zero-order valence-corrected chi connectivity index (χ0v) is 11.3. The molecule has 0 atom stereocenters. The van der Waals surface area contributed by atoms with E-state index in [0.717, 1.165) is 6.07 Å². The quantitative estimate of drug-likeness (QED) is 0.477. The molecule has 0 heterocycles. The maximum absolute atomic E-state index is 13.2. The molecule has 1 aromatic rings. The van der Waals surface area contributed by atoms with E-state index in [1.54, 1.807) is 0 Å². The summed E-state index contributed by atoms with van der Waals surface area (Å²) in [5, 5.41) is 10.7. The summed E-state index contributed by atoms with van der Waals surface area (Å²) in [6.45, 7) is 0. The monoisotopic (exact) mass is 345 g/mol. The van der Waals surface area contributed by atoms with Crippen LogP contribution in [0.2, 0.25) is 0 Å². The van der Waals surface area contributed by atoms with Crippen molar-refractivity contribution in [2.24, 2.45) is 0 Å². The van der Waals surface area contributed by atoms with Gasteiger partial charge in [0.1, 0.15) is 10.7 Å². The van der Waals surface area contributed by atoms with Gasteiger partial charge in [-0.15, -0.1) is 11.6 Å². The predicted octanol–water partition coefficient (Wildman–Crippen LogP) is 2.51. The molecule has 0 fully saturated rings. The van der Waals surface area contributed by atoms with Crippen molar-refractivity contribution in [2.45, 2.75) is 4.90 Å². The molecule has 0 aromatic heterocycles. The van der Waals surface area contributed by atoms with Crippen molar-refractivity contribution in [1.82, 2.24) is 0 Å². The molecule has 17 heavy (non-hydrogen) atoms. The molecule has 0 N–H and O–H groups in total. The third-order valence-electron chi connectivity index (χ3n) is 1.88. The summed E-state index contributed by atoms with van der Waals surface area (Å²) in [7, 11) is -3.96. The van der Waals surface area contributed by atoms with Crippen molar-refractivity contribution in [2.75, 3.05) is 11.6 Å². The van der Waals surface area contributed by atoms with E-state index in [1.807, 2.05) is 0 Å².